The highest BCUT2D eigenvalue weighted by Crippen LogP contribution is 2.02. The maximum atomic E-state index is 10.9. The molecule has 0 N–H and O–H groups in total. The molecule has 1 unspecified atom stereocenters. The van der Waals surface area contributed by atoms with Crippen LogP contribution in [0.25, 0.3) is 0 Å². The average molecular weight is 219 g/mol. The van der Waals surface area contributed by atoms with E-state index in [-0.39, 0.29) is 6.61 Å². The molecule has 0 amide bonds. The van der Waals surface area contributed by atoms with Crippen LogP contribution in [0.5, 0.6) is 0 Å². The number of hydrogen-bond acceptors (Lipinski definition) is 4. The standard InChI is InChI=1S/C8H11ClN2O3/c1-6(9)14-8(12)13-4-7-3-11(2)5-10-7/h3,5-6H,4H2,1-2H3. The Morgan fingerprint density at radius 1 is 1.79 bits per heavy atom. The largest absolute Gasteiger partial charge is 0.510 e. The number of aromatic nitrogens is 2. The van der Waals surface area contributed by atoms with Crippen molar-refractivity contribution in [3.05, 3.63) is 18.2 Å². The Labute approximate surface area is 86.6 Å². The molecule has 0 fully saturated rings. The van der Waals surface area contributed by atoms with Gasteiger partial charge in [0.15, 0.2) is 5.56 Å². The fourth-order valence-electron chi connectivity index (χ4n) is 0.841. The predicted octanol–water partition coefficient (Wildman–Crippen LogP) is 1.66. The van der Waals surface area contributed by atoms with E-state index in [1.807, 2.05) is 7.05 Å². The van der Waals surface area contributed by atoms with Crippen molar-refractivity contribution < 1.29 is 14.3 Å². The third-order valence-corrected chi connectivity index (χ3v) is 1.44. The Hall–Kier alpha value is -1.23. The lowest BCUT2D eigenvalue weighted by Gasteiger charge is -2.05. The summed E-state index contributed by atoms with van der Waals surface area (Å²) in [5.41, 5.74) is -0.0297. The van der Waals surface area contributed by atoms with E-state index < -0.39 is 11.7 Å². The number of aryl methyl sites for hydroxylation is 1. The minimum atomic E-state index is -0.793. The molecule has 78 valence electrons. The molecule has 0 bridgehead atoms. The third kappa shape index (κ3) is 3.66. The topological polar surface area (TPSA) is 53.4 Å². The predicted molar refractivity (Wildman–Crippen MR) is 49.8 cm³/mol. The van der Waals surface area contributed by atoms with Crippen molar-refractivity contribution in [2.75, 3.05) is 0 Å². The van der Waals surface area contributed by atoms with Gasteiger partial charge in [0.05, 0.1) is 12.0 Å². The van der Waals surface area contributed by atoms with Gasteiger partial charge >= 0.3 is 6.16 Å². The van der Waals surface area contributed by atoms with Crippen LogP contribution in [-0.2, 0) is 23.1 Å². The molecule has 1 aromatic heterocycles. The second kappa shape index (κ2) is 4.85. The van der Waals surface area contributed by atoms with Crippen molar-refractivity contribution >= 4 is 17.8 Å². The Kier molecular flexibility index (Phi) is 3.76. The van der Waals surface area contributed by atoms with E-state index in [1.54, 1.807) is 17.1 Å². The molecule has 0 spiro atoms. The van der Waals surface area contributed by atoms with E-state index >= 15 is 0 Å². The average Bonchev–Trinajstić information content (AvgIpc) is 2.47. The van der Waals surface area contributed by atoms with Crippen LogP contribution in [-0.4, -0.2) is 21.3 Å². The molecule has 1 atom stereocenters. The highest BCUT2D eigenvalue weighted by atomic mass is 35.5. The van der Waals surface area contributed by atoms with Crippen LogP contribution >= 0.6 is 11.6 Å². The molecule has 5 nitrogen and oxygen atoms in total. The fraction of sp³-hybridized carbons (Fsp3) is 0.500. The van der Waals surface area contributed by atoms with E-state index in [1.165, 1.54) is 6.92 Å². The minimum Gasteiger partial charge on any atom is -0.428 e. The number of carbonyl (C=O) groups is 1. The Bertz CT molecular complexity index is 311. The normalized spacial score (nSPS) is 12.2. The molecular formula is C8H11ClN2O3. The first-order valence-corrected chi connectivity index (χ1v) is 4.46. The molecule has 1 rings (SSSR count). The summed E-state index contributed by atoms with van der Waals surface area (Å²) in [6, 6.07) is 0. The lowest BCUT2D eigenvalue weighted by atomic mass is 10.5. The van der Waals surface area contributed by atoms with Crippen LogP contribution in [0.15, 0.2) is 12.5 Å². The van der Waals surface area contributed by atoms with Crippen LogP contribution in [0.4, 0.5) is 4.79 Å². The number of nitrogens with zero attached hydrogens (tertiary/aromatic N) is 2. The quantitative estimate of drug-likeness (QED) is 0.572. The molecule has 6 heteroatoms. The summed E-state index contributed by atoms with van der Waals surface area (Å²) in [6.07, 6.45) is 2.57. The summed E-state index contributed by atoms with van der Waals surface area (Å²) in [7, 11) is 1.83. The molecule has 0 aliphatic rings. The van der Waals surface area contributed by atoms with Gasteiger partial charge < -0.3 is 14.0 Å². The molecule has 0 radical (unpaired) electrons. The number of halogens is 1. The van der Waals surface area contributed by atoms with Gasteiger partial charge in [-0.15, -0.1) is 0 Å². The summed E-state index contributed by atoms with van der Waals surface area (Å²) < 4.78 is 11.0. The van der Waals surface area contributed by atoms with E-state index in [9.17, 15) is 4.79 Å². The van der Waals surface area contributed by atoms with Gasteiger partial charge in [-0.05, 0) is 6.92 Å². The maximum Gasteiger partial charge on any atom is 0.510 e. The van der Waals surface area contributed by atoms with E-state index in [2.05, 4.69) is 9.72 Å². The van der Waals surface area contributed by atoms with Gasteiger partial charge in [0.2, 0.25) is 0 Å². The first kappa shape index (κ1) is 10.8. The lowest BCUT2D eigenvalue weighted by Crippen LogP contribution is -2.11. The molecule has 0 aliphatic carbocycles. The number of carbonyl (C=O) groups excluding carboxylic acids is 1. The molecule has 0 aromatic carbocycles. The van der Waals surface area contributed by atoms with Gasteiger partial charge in [0.25, 0.3) is 0 Å². The van der Waals surface area contributed by atoms with Crippen LogP contribution in [0.3, 0.4) is 0 Å². The second-order valence-electron chi connectivity index (χ2n) is 2.73. The lowest BCUT2D eigenvalue weighted by molar-refractivity contribution is 0.0437. The van der Waals surface area contributed by atoms with Crippen LogP contribution in [0, 0.1) is 0 Å². The van der Waals surface area contributed by atoms with Crippen molar-refractivity contribution in [1.82, 2.24) is 9.55 Å². The zero-order valence-corrected chi connectivity index (χ0v) is 8.69. The summed E-state index contributed by atoms with van der Waals surface area (Å²) >= 11 is 5.42. The monoisotopic (exact) mass is 218 g/mol. The fourth-order valence-corrected chi connectivity index (χ4v) is 0.914. The second-order valence-corrected chi connectivity index (χ2v) is 3.34. The number of hydrogen-bond donors (Lipinski definition) is 0. The number of rotatable bonds is 3. The summed E-state index contributed by atoms with van der Waals surface area (Å²) in [5.74, 6) is 0. The SMILES string of the molecule is CC(Cl)OC(=O)OCc1cn(C)cn1. The molecule has 1 heterocycles. The van der Waals surface area contributed by atoms with Gasteiger partial charge in [-0.3, -0.25) is 0 Å². The van der Waals surface area contributed by atoms with Gasteiger partial charge in [-0.25, -0.2) is 9.78 Å². The third-order valence-electron chi connectivity index (χ3n) is 1.35. The van der Waals surface area contributed by atoms with Gasteiger partial charge in [0.1, 0.15) is 6.61 Å². The Morgan fingerprint density at radius 2 is 2.50 bits per heavy atom. The van der Waals surface area contributed by atoms with Crippen LogP contribution in [0.1, 0.15) is 12.6 Å². The van der Waals surface area contributed by atoms with Crippen molar-refractivity contribution in [2.24, 2.45) is 7.05 Å². The summed E-state index contributed by atoms with van der Waals surface area (Å²) in [4.78, 5) is 14.8. The minimum absolute atomic E-state index is 0.0866. The number of ether oxygens (including phenoxy) is 2. The Morgan fingerprint density at radius 3 is 3.00 bits per heavy atom. The van der Waals surface area contributed by atoms with Crippen molar-refractivity contribution in [3.63, 3.8) is 0 Å². The molecule has 1 aromatic rings. The molecule has 0 aliphatic heterocycles. The first-order chi connectivity index (χ1) is 6.58. The zero-order chi connectivity index (χ0) is 10.6. The van der Waals surface area contributed by atoms with Crippen molar-refractivity contribution in [3.8, 4) is 0 Å². The number of imidazole rings is 1. The smallest absolute Gasteiger partial charge is 0.428 e. The number of alkyl halides is 1. The molecule has 0 saturated heterocycles. The van der Waals surface area contributed by atoms with Gasteiger partial charge in [-0.1, -0.05) is 11.6 Å². The van der Waals surface area contributed by atoms with Crippen molar-refractivity contribution in [1.29, 1.82) is 0 Å². The Balaban J connectivity index is 2.30. The summed E-state index contributed by atoms with van der Waals surface area (Å²) in [5, 5.41) is 0. The maximum absolute atomic E-state index is 10.9. The zero-order valence-electron chi connectivity index (χ0n) is 7.94. The highest BCUT2D eigenvalue weighted by molar-refractivity contribution is 6.19. The van der Waals surface area contributed by atoms with Crippen LogP contribution in [0.2, 0.25) is 0 Å². The highest BCUT2D eigenvalue weighted by Gasteiger charge is 2.08. The summed E-state index contributed by atoms with van der Waals surface area (Å²) in [6.45, 7) is 1.62. The van der Waals surface area contributed by atoms with E-state index in [0.29, 0.717) is 5.69 Å². The van der Waals surface area contributed by atoms with Gasteiger partial charge in [-0.2, -0.15) is 0 Å². The molecule has 14 heavy (non-hydrogen) atoms. The molecular weight excluding hydrogens is 208 g/mol. The first-order valence-electron chi connectivity index (χ1n) is 4.02. The van der Waals surface area contributed by atoms with Crippen LogP contribution < -0.4 is 0 Å². The van der Waals surface area contributed by atoms with E-state index in [0.717, 1.165) is 0 Å². The molecule has 0 saturated carbocycles. The van der Waals surface area contributed by atoms with Gasteiger partial charge in [0, 0.05) is 13.2 Å². The van der Waals surface area contributed by atoms with E-state index in [4.69, 9.17) is 16.3 Å². The van der Waals surface area contributed by atoms with Crippen molar-refractivity contribution in [2.45, 2.75) is 19.1 Å².